The second-order valence-electron chi connectivity index (χ2n) is 5.84. The Balaban J connectivity index is 1.91. The van der Waals surface area contributed by atoms with Gasteiger partial charge >= 0.3 is 0 Å². The minimum Gasteiger partial charge on any atom is -0.398 e. The molecule has 0 amide bonds. The number of likely N-dealkylation sites (N-methyl/N-ethyl adjacent to an activating group) is 1. The molecular weight excluding hydrogens is 322 g/mol. The summed E-state index contributed by atoms with van der Waals surface area (Å²) < 4.78 is 27.2. The number of nitrogens with one attached hydrogen (secondary N) is 1. The lowest BCUT2D eigenvalue weighted by Gasteiger charge is -2.16. The maximum absolute atomic E-state index is 14.3. The van der Waals surface area contributed by atoms with Gasteiger partial charge in [0.2, 0.25) is 0 Å². The second kappa shape index (κ2) is 6.84. The van der Waals surface area contributed by atoms with Crippen LogP contribution in [-0.2, 0) is 0 Å². The van der Waals surface area contributed by atoms with E-state index in [2.05, 4.69) is 4.99 Å². The summed E-state index contributed by atoms with van der Waals surface area (Å²) in [5, 5.41) is 8.23. The summed E-state index contributed by atoms with van der Waals surface area (Å²) in [5.74, 6) is -0.209. The van der Waals surface area contributed by atoms with Crippen molar-refractivity contribution in [2.75, 3.05) is 25.9 Å². The first-order valence-electron chi connectivity index (χ1n) is 7.83. The molecule has 0 saturated carbocycles. The minimum absolute atomic E-state index is 0.143. The number of aliphatic imine (C=N–C) groups is 1. The van der Waals surface area contributed by atoms with Gasteiger partial charge in [0.05, 0.1) is 17.8 Å². The monoisotopic (exact) mass is 340 g/mol. The van der Waals surface area contributed by atoms with Crippen LogP contribution < -0.4 is 5.73 Å². The first-order valence-corrected chi connectivity index (χ1v) is 7.83. The smallest absolute Gasteiger partial charge is 0.136 e. The average Bonchev–Trinajstić information content (AvgIpc) is 3.00. The molecule has 2 aromatic carbocycles. The van der Waals surface area contributed by atoms with Crippen molar-refractivity contribution in [2.24, 2.45) is 4.99 Å². The number of nitrogen functional groups attached to an aromatic ring is 1. The molecule has 0 aromatic heterocycles. The van der Waals surface area contributed by atoms with E-state index in [0.29, 0.717) is 23.5 Å². The van der Waals surface area contributed by atoms with Crippen molar-refractivity contribution < 1.29 is 8.78 Å². The summed E-state index contributed by atoms with van der Waals surface area (Å²) >= 11 is 0. The topological polar surface area (TPSA) is 65.5 Å². The van der Waals surface area contributed by atoms with Gasteiger partial charge in [-0.25, -0.2) is 8.78 Å². The normalized spacial score (nSPS) is 14.2. The van der Waals surface area contributed by atoms with Crippen molar-refractivity contribution >= 4 is 23.3 Å². The highest BCUT2D eigenvalue weighted by molar-refractivity contribution is 6.13. The fraction of sp³-hybridized carbons (Fsp3) is 0.158. The van der Waals surface area contributed by atoms with Gasteiger partial charge in [0.25, 0.3) is 0 Å². The Bertz CT molecular complexity index is 870. The van der Waals surface area contributed by atoms with Crippen LogP contribution in [0.25, 0.3) is 6.08 Å². The van der Waals surface area contributed by atoms with Crippen LogP contribution in [0.4, 0.5) is 14.5 Å². The molecule has 25 heavy (non-hydrogen) atoms. The molecule has 4 nitrogen and oxygen atoms in total. The number of rotatable bonds is 4. The molecule has 3 rings (SSSR count). The molecule has 2 aromatic rings. The lowest BCUT2D eigenvalue weighted by atomic mass is 10.0. The molecule has 128 valence electrons. The first-order chi connectivity index (χ1) is 12.0. The molecule has 1 heterocycles. The summed E-state index contributed by atoms with van der Waals surface area (Å²) in [4.78, 5) is 6.19. The van der Waals surface area contributed by atoms with Crippen molar-refractivity contribution in [3.05, 3.63) is 70.8 Å². The van der Waals surface area contributed by atoms with E-state index in [1.807, 2.05) is 11.9 Å². The molecule has 0 spiro atoms. The molecule has 0 radical (unpaired) electrons. The summed E-state index contributed by atoms with van der Waals surface area (Å²) in [7, 11) is 1.85. The van der Waals surface area contributed by atoms with Crippen molar-refractivity contribution in [3.63, 3.8) is 0 Å². The van der Waals surface area contributed by atoms with Crippen molar-refractivity contribution in [1.82, 2.24) is 4.90 Å². The third kappa shape index (κ3) is 3.57. The number of halogens is 2. The second-order valence-corrected chi connectivity index (χ2v) is 5.84. The lowest BCUT2D eigenvalue weighted by Crippen LogP contribution is -2.25. The molecular formula is C19H18F2N4. The van der Waals surface area contributed by atoms with Crippen LogP contribution in [-0.4, -0.2) is 36.6 Å². The van der Waals surface area contributed by atoms with Crippen LogP contribution in [0.2, 0.25) is 0 Å². The fourth-order valence-corrected chi connectivity index (χ4v) is 2.66. The Hall–Kier alpha value is -3.02. The van der Waals surface area contributed by atoms with Gasteiger partial charge in [-0.2, -0.15) is 0 Å². The number of hydrogen-bond donors (Lipinski definition) is 2. The third-order valence-electron chi connectivity index (χ3n) is 4.04. The maximum atomic E-state index is 14.3. The number of nitrogens with two attached hydrogens (primary N) is 1. The molecule has 0 unspecified atom stereocenters. The molecule has 1 aliphatic heterocycles. The van der Waals surface area contributed by atoms with E-state index in [-0.39, 0.29) is 17.2 Å². The van der Waals surface area contributed by atoms with Gasteiger partial charge in [-0.1, -0.05) is 18.2 Å². The van der Waals surface area contributed by atoms with E-state index in [4.69, 9.17) is 11.1 Å². The quantitative estimate of drug-likeness (QED) is 0.662. The number of benzene rings is 2. The third-order valence-corrected chi connectivity index (χ3v) is 4.04. The van der Waals surface area contributed by atoms with Gasteiger partial charge in [0.15, 0.2) is 0 Å². The van der Waals surface area contributed by atoms with Gasteiger partial charge in [-0.15, -0.1) is 0 Å². The van der Waals surface area contributed by atoms with Crippen LogP contribution in [0, 0.1) is 17.0 Å². The molecule has 3 N–H and O–H groups in total. The number of hydrogen-bond acceptors (Lipinski definition) is 4. The van der Waals surface area contributed by atoms with Crippen LogP contribution in [0.3, 0.4) is 0 Å². The van der Waals surface area contributed by atoms with Crippen LogP contribution in [0.1, 0.15) is 16.7 Å². The van der Waals surface area contributed by atoms with E-state index in [1.165, 1.54) is 18.2 Å². The van der Waals surface area contributed by atoms with Crippen LogP contribution in [0.15, 0.2) is 47.5 Å². The fourth-order valence-electron chi connectivity index (χ4n) is 2.66. The highest BCUT2D eigenvalue weighted by Gasteiger charge is 2.20. The van der Waals surface area contributed by atoms with Gasteiger partial charge < -0.3 is 16.0 Å². The van der Waals surface area contributed by atoms with E-state index in [9.17, 15) is 8.78 Å². The van der Waals surface area contributed by atoms with Gasteiger partial charge in [0.1, 0.15) is 17.5 Å². The summed E-state index contributed by atoms with van der Waals surface area (Å²) in [5.41, 5.74) is 7.75. The molecule has 0 aliphatic carbocycles. The van der Waals surface area contributed by atoms with E-state index < -0.39 is 5.82 Å². The molecule has 6 heteroatoms. The van der Waals surface area contributed by atoms with Crippen molar-refractivity contribution in [2.45, 2.75) is 0 Å². The Morgan fingerprint density at radius 3 is 2.60 bits per heavy atom. The predicted octanol–water partition coefficient (Wildman–Crippen LogP) is 3.32. The largest absolute Gasteiger partial charge is 0.398 e. The van der Waals surface area contributed by atoms with E-state index in [0.717, 1.165) is 12.1 Å². The molecule has 0 bridgehead atoms. The average molecular weight is 340 g/mol. The maximum Gasteiger partial charge on any atom is 0.136 e. The molecule has 0 fully saturated rings. The zero-order valence-corrected chi connectivity index (χ0v) is 13.8. The Labute approximate surface area is 144 Å². The van der Waals surface area contributed by atoms with Crippen LogP contribution >= 0.6 is 0 Å². The Morgan fingerprint density at radius 1 is 1.24 bits per heavy atom. The Kier molecular flexibility index (Phi) is 4.61. The highest BCUT2D eigenvalue weighted by Crippen LogP contribution is 2.22. The van der Waals surface area contributed by atoms with E-state index in [1.54, 1.807) is 30.4 Å². The molecule has 1 aliphatic rings. The lowest BCUT2D eigenvalue weighted by molar-refractivity contribution is 0.550. The standard InChI is InChI=1S/C19H18F2N4/c1-25-9-8-24-19(25)14-10-15(18(23)11-16(14)21)17(22)7-4-12-2-5-13(20)6-3-12/h2-7,10-11,22H,8-9,23H2,1H3/b7-4+,22-17?. The van der Waals surface area contributed by atoms with Crippen LogP contribution in [0.5, 0.6) is 0 Å². The van der Waals surface area contributed by atoms with Gasteiger partial charge in [0, 0.05) is 24.8 Å². The minimum atomic E-state index is -0.455. The summed E-state index contributed by atoms with van der Waals surface area (Å²) in [6.45, 7) is 1.35. The SMILES string of the molecule is CN1CCN=C1c1cc(C(=N)/C=C/c2ccc(F)cc2)c(N)cc1F. The predicted molar refractivity (Wildman–Crippen MR) is 97.1 cm³/mol. The number of nitrogens with zero attached hydrogens (tertiary/aromatic N) is 2. The summed E-state index contributed by atoms with van der Waals surface area (Å²) in [6, 6.07) is 8.70. The van der Waals surface area contributed by atoms with Crippen molar-refractivity contribution in [3.8, 4) is 0 Å². The van der Waals surface area contributed by atoms with Gasteiger partial charge in [-0.05, 0) is 35.9 Å². The number of allylic oxidation sites excluding steroid dienone is 1. The zero-order chi connectivity index (χ0) is 18.0. The molecule has 0 atom stereocenters. The first kappa shape index (κ1) is 16.8. The van der Waals surface area contributed by atoms with Crippen molar-refractivity contribution in [1.29, 1.82) is 5.41 Å². The number of anilines is 1. The number of amidine groups is 1. The zero-order valence-electron chi connectivity index (χ0n) is 13.8. The highest BCUT2D eigenvalue weighted by atomic mass is 19.1. The Morgan fingerprint density at radius 2 is 1.96 bits per heavy atom. The summed E-state index contributed by atoms with van der Waals surface area (Å²) in [6.07, 6.45) is 3.24. The van der Waals surface area contributed by atoms with E-state index >= 15 is 0 Å². The molecule has 0 saturated heterocycles. The van der Waals surface area contributed by atoms with Gasteiger partial charge in [-0.3, -0.25) is 4.99 Å².